The van der Waals surface area contributed by atoms with E-state index in [1.165, 1.54) is 7.11 Å². The molecule has 6 heteroatoms. The molecule has 0 N–H and O–H groups in total. The van der Waals surface area contributed by atoms with Crippen molar-refractivity contribution in [1.29, 1.82) is 0 Å². The van der Waals surface area contributed by atoms with Crippen molar-refractivity contribution < 1.29 is 28.5 Å². The van der Waals surface area contributed by atoms with Gasteiger partial charge in [-0.3, -0.25) is 0 Å². The second-order valence-corrected chi connectivity index (χ2v) is 5.53. The van der Waals surface area contributed by atoms with Crippen LogP contribution in [0.15, 0.2) is 36.4 Å². The van der Waals surface area contributed by atoms with Gasteiger partial charge in [0, 0.05) is 11.5 Å². The Labute approximate surface area is 140 Å². The number of carbonyl (C=O) groups is 2. The Hall–Kier alpha value is -2.76. The summed E-state index contributed by atoms with van der Waals surface area (Å²) in [6, 6.07) is 10.6. The number of rotatable bonds is 5. The molecular weight excluding hydrogens is 312 g/mol. The predicted octanol–water partition coefficient (Wildman–Crippen LogP) is 3.71. The van der Waals surface area contributed by atoms with E-state index in [1.807, 2.05) is 24.3 Å². The zero-order valence-corrected chi connectivity index (χ0v) is 14.1. The molecule has 6 nitrogen and oxygen atoms in total. The zero-order valence-electron chi connectivity index (χ0n) is 14.1. The third kappa shape index (κ3) is 3.95. The summed E-state index contributed by atoms with van der Waals surface area (Å²) in [6.45, 7) is 5.23. The van der Waals surface area contributed by atoms with Gasteiger partial charge in [0.2, 0.25) is 0 Å². The van der Waals surface area contributed by atoms with Crippen molar-refractivity contribution in [3.05, 3.63) is 36.4 Å². The Morgan fingerprint density at radius 1 is 1.12 bits per heavy atom. The van der Waals surface area contributed by atoms with Crippen LogP contribution in [-0.2, 0) is 14.3 Å². The van der Waals surface area contributed by atoms with Crippen molar-refractivity contribution in [3.63, 3.8) is 0 Å². The minimum atomic E-state index is -1.19. The topological polar surface area (TPSA) is 71.1 Å². The number of hydrogen-bond donors (Lipinski definition) is 0. The van der Waals surface area contributed by atoms with Gasteiger partial charge in [-0.05, 0) is 32.2 Å². The Balaban J connectivity index is 2.43. The standard InChI is InChI=1S/C18H20O6/c1-5-22-16(19)18(2,3)24-15-11-13(23-17(20)21-4)10-12-8-6-7-9-14(12)15/h6-11H,5H2,1-4H3. The highest BCUT2D eigenvalue weighted by Crippen LogP contribution is 2.34. The van der Waals surface area contributed by atoms with Gasteiger partial charge >= 0.3 is 12.1 Å². The number of ether oxygens (including phenoxy) is 4. The first-order chi connectivity index (χ1) is 11.4. The van der Waals surface area contributed by atoms with Gasteiger partial charge in [0.05, 0.1) is 13.7 Å². The summed E-state index contributed by atoms with van der Waals surface area (Å²) in [5.74, 6) is 0.189. The number of esters is 1. The monoisotopic (exact) mass is 332 g/mol. The lowest BCUT2D eigenvalue weighted by Crippen LogP contribution is -2.39. The molecular formula is C18H20O6. The Kier molecular flexibility index (Phi) is 5.28. The Morgan fingerprint density at radius 3 is 2.50 bits per heavy atom. The summed E-state index contributed by atoms with van der Waals surface area (Å²) in [5.41, 5.74) is -1.19. The number of fused-ring (bicyclic) bond motifs is 1. The second-order valence-electron chi connectivity index (χ2n) is 5.53. The van der Waals surface area contributed by atoms with Gasteiger partial charge in [0.1, 0.15) is 11.5 Å². The highest BCUT2D eigenvalue weighted by atomic mass is 16.7. The van der Waals surface area contributed by atoms with Crippen molar-refractivity contribution in [1.82, 2.24) is 0 Å². The Morgan fingerprint density at radius 2 is 1.83 bits per heavy atom. The molecule has 2 rings (SSSR count). The van der Waals surface area contributed by atoms with Crippen LogP contribution in [0.3, 0.4) is 0 Å². The number of benzene rings is 2. The summed E-state index contributed by atoms with van der Waals surface area (Å²) in [6.07, 6.45) is -0.833. The molecule has 0 aliphatic rings. The van der Waals surface area contributed by atoms with Gasteiger partial charge in [-0.15, -0.1) is 0 Å². The average molecular weight is 332 g/mol. The molecule has 0 heterocycles. The van der Waals surface area contributed by atoms with Gasteiger partial charge in [-0.25, -0.2) is 9.59 Å². The van der Waals surface area contributed by atoms with E-state index in [0.717, 1.165) is 10.8 Å². The van der Waals surface area contributed by atoms with Crippen LogP contribution in [-0.4, -0.2) is 31.4 Å². The SMILES string of the molecule is CCOC(=O)C(C)(C)Oc1cc(OC(=O)OC)cc2ccccc12. The smallest absolute Gasteiger partial charge is 0.475 e. The maximum absolute atomic E-state index is 12.1. The fraction of sp³-hybridized carbons (Fsp3) is 0.333. The number of carbonyl (C=O) groups excluding carboxylic acids is 2. The lowest BCUT2D eigenvalue weighted by molar-refractivity contribution is -0.158. The summed E-state index contributed by atoms with van der Waals surface area (Å²) in [5, 5.41) is 1.58. The van der Waals surface area contributed by atoms with E-state index in [1.54, 1.807) is 32.9 Å². The molecule has 0 aliphatic carbocycles. The zero-order chi connectivity index (χ0) is 17.7. The third-order valence-corrected chi connectivity index (χ3v) is 3.30. The summed E-state index contributed by atoms with van der Waals surface area (Å²) >= 11 is 0. The molecule has 0 atom stereocenters. The number of methoxy groups -OCH3 is 1. The molecule has 24 heavy (non-hydrogen) atoms. The number of hydrogen-bond acceptors (Lipinski definition) is 6. The van der Waals surface area contributed by atoms with Crippen molar-refractivity contribution in [2.45, 2.75) is 26.4 Å². The molecule has 0 bridgehead atoms. The third-order valence-electron chi connectivity index (χ3n) is 3.30. The minimum Gasteiger partial charge on any atom is -0.475 e. The second kappa shape index (κ2) is 7.21. The molecule has 0 spiro atoms. The molecule has 128 valence electrons. The maximum atomic E-state index is 12.1. The van der Waals surface area contributed by atoms with E-state index in [9.17, 15) is 9.59 Å². The quantitative estimate of drug-likeness (QED) is 0.614. The van der Waals surface area contributed by atoms with Gasteiger partial charge in [0.15, 0.2) is 5.60 Å². The first-order valence-electron chi connectivity index (χ1n) is 7.52. The van der Waals surface area contributed by atoms with E-state index in [4.69, 9.17) is 14.2 Å². The van der Waals surface area contributed by atoms with Crippen LogP contribution >= 0.6 is 0 Å². The first-order valence-corrected chi connectivity index (χ1v) is 7.52. The van der Waals surface area contributed by atoms with Gasteiger partial charge in [0.25, 0.3) is 0 Å². The molecule has 0 saturated heterocycles. The van der Waals surface area contributed by atoms with Crippen LogP contribution in [0.5, 0.6) is 11.5 Å². The molecule has 0 unspecified atom stereocenters. The lowest BCUT2D eigenvalue weighted by atomic mass is 10.1. The van der Waals surface area contributed by atoms with Gasteiger partial charge < -0.3 is 18.9 Å². The Bertz CT molecular complexity index is 750. The summed E-state index contributed by atoms with van der Waals surface area (Å²) in [7, 11) is 1.23. The molecule has 0 aliphatic heterocycles. The normalized spacial score (nSPS) is 11.0. The summed E-state index contributed by atoms with van der Waals surface area (Å²) in [4.78, 5) is 23.4. The van der Waals surface area contributed by atoms with Gasteiger partial charge in [-0.2, -0.15) is 0 Å². The summed E-state index contributed by atoms with van der Waals surface area (Å²) < 4.78 is 20.5. The van der Waals surface area contributed by atoms with Crippen molar-refractivity contribution in [2.75, 3.05) is 13.7 Å². The van der Waals surface area contributed by atoms with E-state index < -0.39 is 17.7 Å². The van der Waals surface area contributed by atoms with Crippen LogP contribution in [0.4, 0.5) is 4.79 Å². The van der Waals surface area contributed by atoms with Crippen LogP contribution in [0.25, 0.3) is 10.8 Å². The largest absolute Gasteiger partial charge is 0.513 e. The van der Waals surface area contributed by atoms with E-state index >= 15 is 0 Å². The predicted molar refractivity (Wildman–Crippen MR) is 88.3 cm³/mol. The van der Waals surface area contributed by atoms with Crippen molar-refractivity contribution >= 4 is 22.9 Å². The molecule has 0 radical (unpaired) electrons. The van der Waals surface area contributed by atoms with E-state index in [-0.39, 0.29) is 12.4 Å². The minimum absolute atomic E-state index is 0.259. The van der Waals surface area contributed by atoms with Crippen LogP contribution in [0.1, 0.15) is 20.8 Å². The van der Waals surface area contributed by atoms with Crippen molar-refractivity contribution in [3.8, 4) is 11.5 Å². The highest BCUT2D eigenvalue weighted by molar-refractivity contribution is 5.91. The molecule has 0 aromatic heterocycles. The highest BCUT2D eigenvalue weighted by Gasteiger charge is 2.32. The fourth-order valence-electron chi connectivity index (χ4n) is 2.15. The van der Waals surface area contributed by atoms with E-state index in [2.05, 4.69) is 4.74 Å². The maximum Gasteiger partial charge on any atom is 0.513 e. The lowest BCUT2D eigenvalue weighted by Gasteiger charge is -2.25. The van der Waals surface area contributed by atoms with Gasteiger partial charge in [-0.1, -0.05) is 24.3 Å². The fourth-order valence-corrected chi connectivity index (χ4v) is 2.15. The average Bonchev–Trinajstić information content (AvgIpc) is 2.54. The molecule has 0 fully saturated rings. The molecule has 0 saturated carbocycles. The molecule has 0 amide bonds. The van der Waals surface area contributed by atoms with Crippen LogP contribution in [0.2, 0.25) is 0 Å². The van der Waals surface area contributed by atoms with Crippen LogP contribution < -0.4 is 9.47 Å². The van der Waals surface area contributed by atoms with Crippen molar-refractivity contribution in [2.24, 2.45) is 0 Å². The first kappa shape index (κ1) is 17.6. The molecule has 2 aromatic carbocycles. The molecule has 2 aromatic rings. The van der Waals surface area contributed by atoms with E-state index in [0.29, 0.717) is 5.75 Å². The van der Waals surface area contributed by atoms with Crippen LogP contribution in [0, 0.1) is 0 Å².